The van der Waals surface area contributed by atoms with Crippen LogP contribution in [-0.2, 0) is 19.1 Å². The molecule has 1 aliphatic carbocycles. The van der Waals surface area contributed by atoms with Gasteiger partial charge in [-0.05, 0) is 42.7 Å². The van der Waals surface area contributed by atoms with E-state index < -0.39 is 11.9 Å². The van der Waals surface area contributed by atoms with Crippen molar-refractivity contribution in [2.24, 2.45) is 0 Å². The predicted molar refractivity (Wildman–Crippen MR) is 120 cm³/mol. The number of nitrogens with zero attached hydrogens (tertiary/aromatic N) is 1. The van der Waals surface area contributed by atoms with Gasteiger partial charge < -0.3 is 19.7 Å². The average Bonchev–Trinajstić information content (AvgIpc) is 2.84. The molecule has 0 unspecified atom stereocenters. The van der Waals surface area contributed by atoms with E-state index in [4.69, 9.17) is 9.47 Å². The van der Waals surface area contributed by atoms with Crippen molar-refractivity contribution in [3.63, 3.8) is 0 Å². The Morgan fingerprint density at radius 3 is 2.61 bits per heavy atom. The van der Waals surface area contributed by atoms with Crippen LogP contribution in [0.25, 0.3) is 0 Å². The van der Waals surface area contributed by atoms with E-state index in [-0.39, 0.29) is 23.0 Å². The van der Waals surface area contributed by atoms with Crippen LogP contribution in [-0.4, -0.2) is 42.8 Å². The van der Waals surface area contributed by atoms with Crippen LogP contribution in [0.5, 0.6) is 11.5 Å². The first kappa shape index (κ1) is 21.0. The fourth-order valence-corrected chi connectivity index (χ4v) is 4.91. The summed E-state index contributed by atoms with van der Waals surface area (Å²) < 4.78 is 11.1. The third-order valence-corrected chi connectivity index (χ3v) is 6.27. The lowest BCUT2D eigenvalue weighted by molar-refractivity contribution is -0.137. The molecule has 5 rings (SSSR count). The molecule has 2 aliphatic heterocycles. The molecule has 1 fully saturated rings. The number of ether oxygens (including phenoxy) is 2. The fourth-order valence-electron chi connectivity index (χ4n) is 4.91. The van der Waals surface area contributed by atoms with Crippen molar-refractivity contribution in [2.75, 3.05) is 20.2 Å². The van der Waals surface area contributed by atoms with Crippen molar-refractivity contribution in [1.29, 1.82) is 0 Å². The molecule has 0 spiro atoms. The van der Waals surface area contributed by atoms with Crippen molar-refractivity contribution in [3.8, 4) is 11.5 Å². The van der Waals surface area contributed by atoms with Gasteiger partial charge >= 0.3 is 5.97 Å². The molecule has 7 heteroatoms. The second-order valence-electron chi connectivity index (χ2n) is 8.22. The number of allylic oxidation sites excluding steroid dienone is 2. The number of nitrogens with one attached hydrogen (secondary N) is 1. The van der Waals surface area contributed by atoms with Gasteiger partial charge in [-0.15, -0.1) is 0 Å². The molecule has 1 N–H and O–H groups in total. The van der Waals surface area contributed by atoms with Crippen molar-refractivity contribution in [2.45, 2.75) is 25.2 Å². The molecule has 1 amide bonds. The van der Waals surface area contributed by atoms with Crippen molar-refractivity contribution >= 4 is 17.7 Å². The molecule has 1 saturated heterocycles. The van der Waals surface area contributed by atoms with Gasteiger partial charge in [0.25, 0.3) is 5.91 Å². The van der Waals surface area contributed by atoms with E-state index in [1.807, 2.05) is 59.5 Å². The highest BCUT2D eigenvalue weighted by molar-refractivity contribution is 6.09. The Kier molecular flexibility index (Phi) is 5.46. The topological polar surface area (TPSA) is 84.9 Å². The zero-order valence-corrected chi connectivity index (χ0v) is 18.3. The molecular formula is C26H24N2O5. The first-order valence-electron chi connectivity index (χ1n) is 11.1. The number of fused-ring (bicyclic) bond motifs is 2. The second kappa shape index (κ2) is 8.58. The summed E-state index contributed by atoms with van der Waals surface area (Å²) in [4.78, 5) is 41.1. The van der Waals surface area contributed by atoms with E-state index in [0.717, 1.165) is 12.1 Å². The number of piperazine rings is 1. The van der Waals surface area contributed by atoms with Crippen LogP contribution >= 0.6 is 0 Å². The van der Waals surface area contributed by atoms with Gasteiger partial charge in [0.15, 0.2) is 5.78 Å². The minimum atomic E-state index is -0.699. The normalized spacial score (nSPS) is 20.2. The number of rotatable bonds is 4. The lowest BCUT2D eigenvalue weighted by Crippen LogP contribution is -2.50. The van der Waals surface area contributed by atoms with Gasteiger partial charge in [0, 0.05) is 36.7 Å². The van der Waals surface area contributed by atoms with Crippen LogP contribution in [0, 0.1) is 0 Å². The zero-order valence-electron chi connectivity index (χ0n) is 18.3. The average molecular weight is 444 g/mol. The highest BCUT2D eigenvalue weighted by Crippen LogP contribution is 2.47. The lowest BCUT2D eigenvalue weighted by Gasteiger charge is -2.43. The number of hydrogen-bond donors (Lipinski definition) is 1. The molecule has 0 bridgehead atoms. The molecule has 0 radical (unpaired) electrons. The van der Waals surface area contributed by atoms with Crippen molar-refractivity contribution in [1.82, 2.24) is 10.2 Å². The lowest BCUT2D eigenvalue weighted by atomic mass is 9.74. The Balaban J connectivity index is 1.68. The summed E-state index contributed by atoms with van der Waals surface area (Å²) in [5, 5.41) is 2.83. The van der Waals surface area contributed by atoms with Gasteiger partial charge in [0.05, 0.1) is 12.7 Å². The number of para-hydroxylation sites is 1. The summed E-state index contributed by atoms with van der Waals surface area (Å²) in [5.74, 6) is -0.383. The highest BCUT2D eigenvalue weighted by Gasteiger charge is 2.45. The van der Waals surface area contributed by atoms with Gasteiger partial charge in [0.1, 0.15) is 17.2 Å². The first-order valence-corrected chi connectivity index (χ1v) is 11.1. The maximum Gasteiger partial charge on any atom is 0.337 e. The smallest absolute Gasteiger partial charge is 0.337 e. The summed E-state index contributed by atoms with van der Waals surface area (Å²) in [6.07, 6.45) is 1.82. The van der Waals surface area contributed by atoms with E-state index in [0.29, 0.717) is 48.6 Å². The van der Waals surface area contributed by atoms with E-state index in [1.54, 1.807) is 0 Å². The van der Waals surface area contributed by atoms with Crippen molar-refractivity contribution in [3.05, 3.63) is 82.7 Å². The number of ketones is 1. The summed E-state index contributed by atoms with van der Waals surface area (Å²) in [5.41, 5.74) is 2.60. The minimum Gasteiger partial charge on any atom is -0.466 e. The fraction of sp³-hybridized carbons (Fsp3) is 0.269. The quantitative estimate of drug-likeness (QED) is 0.728. The molecule has 2 aromatic rings. The number of Topliss-reactive ketones (excluding diaryl/α,β-unsaturated/α-hetero) is 1. The number of esters is 1. The van der Waals surface area contributed by atoms with E-state index in [1.165, 1.54) is 7.11 Å². The van der Waals surface area contributed by atoms with E-state index >= 15 is 0 Å². The molecule has 33 heavy (non-hydrogen) atoms. The van der Waals surface area contributed by atoms with Crippen molar-refractivity contribution < 1.29 is 23.9 Å². The molecule has 2 heterocycles. The Morgan fingerprint density at radius 1 is 1.03 bits per heavy atom. The zero-order chi connectivity index (χ0) is 22.9. The second-order valence-corrected chi connectivity index (χ2v) is 8.22. The summed E-state index contributed by atoms with van der Waals surface area (Å²) in [6.45, 7) is 0.963. The van der Waals surface area contributed by atoms with Gasteiger partial charge in [-0.3, -0.25) is 9.59 Å². The molecule has 7 nitrogen and oxygen atoms in total. The van der Waals surface area contributed by atoms with Gasteiger partial charge in [-0.2, -0.15) is 0 Å². The van der Waals surface area contributed by atoms with E-state index in [2.05, 4.69) is 5.32 Å². The summed E-state index contributed by atoms with van der Waals surface area (Å²) in [7, 11) is 1.29. The highest BCUT2D eigenvalue weighted by atomic mass is 16.5. The maximum atomic E-state index is 13.2. The van der Waals surface area contributed by atoms with Gasteiger partial charge in [-0.1, -0.05) is 30.3 Å². The number of benzene rings is 2. The number of amides is 1. The first-order chi connectivity index (χ1) is 16.1. The van der Waals surface area contributed by atoms with E-state index in [9.17, 15) is 14.4 Å². The van der Waals surface area contributed by atoms with Crippen LogP contribution in [0.1, 0.15) is 30.7 Å². The van der Waals surface area contributed by atoms with Crippen LogP contribution < -0.4 is 10.1 Å². The molecule has 168 valence electrons. The standard InChI is InChI=1S/C26H24N2O5/c1-32-26(31)23-21(16-7-5-10-18(15-16)33-17-8-3-2-4-9-17)22-19(11-6-12-20(22)29)28-14-13-27-25(30)24(23)28/h2-5,7-10,15,21H,6,11-14H2,1H3,(H,27,30)/t21-/m0/s1. The molecule has 2 aromatic carbocycles. The Labute approximate surface area is 191 Å². The van der Waals surface area contributed by atoms with Crippen LogP contribution in [0.15, 0.2) is 77.1 Å². The predicted octanol–water partition coefficient (Wildman–Crippen LogP) is 3.44. The SMILES string of the molecule is COC(=O)C1=C2C(=O)NCCN2C2=C(C(=O)CCC2)[C@@H]1c1cccc(Oc2ccccc2)c1. The monoisotopic (exact) mass is 444 g/mol. The molecular weight excluding hydrogens is 420 g/mol. The molecule has 0 aromatic heterocycles. The number of methoxy groups -OCH3 is 1. The van der Waals surface area contributed by atoms with Gasteiger partial charge in [0.2, 0.25) is 0 Å². The maximum absolute atomic E-state index is 13.2. The molecule has 1 atom stereocenters. The van der Waals surface area contributed by atoms with Crippen LogP contribution in [0.4, 0.5) is 0 Å². The van der Waals surface area contributed by atoms with Crippen LogP contribution in [0.2, 0.25) is 0 Å². The largest absolute Gasteiger partial charge is 0.466 e. The number of carbonyl (C=O) groups is 3. The number of carbonyl (C=O) groups excluding carboxylic acids is 3. The minimum absolute atomic E-state index is 0.00191. The number of hydrogen-bond acceptors (Lipinski definition) is 6. The Bertz CT molecular complexity index is 1200. The third-order valence-electron chi connectivity index (χ3n) is 6.27. The van der Waals surface area contributed by atoms with Crippen LogP contribution in [0.3, 0.4) is 0 Å². The Morgan fingerprint density at radius 2 is 1.82 bits per heavy atom. The van der Waals surface area contributed by atoms with Gasteiger partial charge in [-0.25, -0.2) is 4.79 Å². The molecule has 3 aliphatic rings. The third kappa shape index (κ3) is 3.69. The summed E-state index contributed by atoms with van der Waals surface area (Å²) in [6, 6.07) is 16.7. The molecule has 0 saturated carbocycles. The summed E-state index contributed by atoms with van der Waals surface area (Å²) >= 11 is 0. The Hall–Kier alpha value is -3.87.